The highest BCUT2D eigenvalue weighted by Gasteiger charge is 2.27. The zero-order valence-electron chi connectivity index (χ0n) is 10.5. The SMILES string of the molecule is CCC(C)CC(O)(CC)CN(C)CC. The quantitative estimate of drug-likeness (QED) is 0.684. The van der Waals surface area contributed by atoms with Gasteiger partial charge in [-0.25, -0.2) is 0 Å². The van der Waals surface area contributed by atoms with Crippen molar-refractivity contribution >= 4 is 0 Å². The van der Waals surface area contributed by atoms with E-state index >= 15 is 0 Å². The molecule has 2 nitrogen and oxygen atoms in total. The molecular weight excluding hydrogens is 174 g/mol. The maximum atomic E-state index is 10.4. The number of nitrogens with zero attached hydrogens (tertiary/aromatic N) is 1. The average Bonchev–Trinajstić information content (AvgIpc) is 2.17. The van der Waals surface area contributed by atoms with Gasteiger partial charge in [-0.3, -0.25) is 0 Å². The highest BCUT2D eigenvalue weighted by atomic mass is 16.3. The Balaban J connectivity index is 4.16. The molecule has 0 aromatic rings. The van der Waals surface area contributed by atoms with E-state index in [-0.39, 0.29) is 0 Å². The van der Waals surface area contributed by atoms with E-state index in [4.69, 9.17) is 0 Å². The molecule has 0 aliphatic heterocycles. The highest BCUT2D eigenvalue weighted by molar-refractivity contribution is 4.81. The number of likely N-dealkylation sites (N-methyl/N-ethyl adjacent to an activating group) is 1. The molecule has 0 aromatic heterocycles. The van der Waals surface area contributed by atoms with Crippen LogP contribution in [0.3, 0.4) is 0 Å². The normalized spacial score (nSPS) is 18.2. The minimum absolute atomic E-state index is 0.486. The molecule has 1 N–H and O–H groups in total. The Morgan fingerprint density at radius 1 is 1.29 bits per heavy atom. The molecule has 2 atom stereocenters. The van der Waals surface area contributed by atoms with Crippen LogP contribution in [-0.4, -0.2) is 35.7 Å². The topological polar surface area (TPSA) is 23.5 Å². The lowest BCUT2D eigenvalue weighted by Crippen LogP contribution is -2.42. The molecule has 0 heterocycles. The Bertz CT molecular complexity index is 135. The van der Waals surface area contributed by atoms with E-state index in [1.807, 2.05) is 0 Å². The smallest absolute Gasteiger partial charge is 0.0773 e. The van der Waals surface area contributed by atoms with Crippen molar-refractivity contribution in [3.05, 3.63) is 0 Å². The minimum atomic E-state index is -0.486. The van der Waals surface area contributed by atoms with Gasteiger partial charge in [-0.2, -0.15) is 0 Å². The van der Waals surface area contributed by atoms with Gasteiger partial charge in [0.25, 0.3) is 0 Å². The van der Waals surface area contributed by atoms with Crippen molar-refractivity contribution in [1.82, 2.24) is 4.90 Å². The fourth-order valence-corrected chi connectivity index (χ4v) is 1.73. The van der Waals surface area contributed by atoms with Crippen LogP contribution in [-0.2, 0) is 0 Å². The van der Waals surface area contributed by atoms with Gasteiger partial charge in [-0.15, -0.1) is 0 Å². The van der Waals surface area contributed by atoms with E-state index in [1.165, 1.54) is 0 Å². The van der Waals surface area contributed by atoms with Crippen molar-refractivity contribution in [3.8, 4) is 0 Å². The molecule has 0 saturated heterocycles. The van der Waals surface area contributed by atoms with Crippen LogP contribution >= 0.6 is 0 Å². The first-order valence-electron chi connectivity index (χ1n) is 5.88. The molecule has 0 bridgehead atoms. The van der Waals surface area contributed by atoms with Crippen LogP contribution in [0.2, 0.25) is 0 Å². The van der Waals surface area contributed by atoms with E-state index in [2.05, 4.69) is 39.6 Å². The largest absolute Gasteiger partial charge is 0.389 e. The molecule has 0 aromatic carbocycles. The maximum Gasteiger partial charge on any atom is 0.0773 e. The van der Waals surface area contributed by atoms with Gasteiger partial charge in [-0.05, 0) is 32.4 Å². The lowest BCUT2D eigenvalue weighted by Gasteiger charge is -2.33. The minimum Gasteiger partial charge on any atom is -0.389 e. The molecule has 0 fully saturated rings. The molecule has 0 amide bonds. The van der Waals surface area contributed by atoms with Gasteiger partial charge in [0, 0.05) is 6.54 Å². The number of rotatable bonds is 7. The average molecular weight is 201 g/mol. The Labute approximate surface area is 89.3 Å². The Hall–Kier alpha value is -0.0800. The first-order valence-corrected chi connectivity index (χ1v) is 5.88. The molecule has 0 radical (unpaired) electrons. The highest BCUT2D eigenvalue weighted by Crippen LogP contribution is 2.23. The van der Waals surface area contributed by atoms with Crippen LogP contribution in [0.25, 0.3) is 0 Å². The Morgan fingerprint density at radius 3 is 2.21 bits per heavy atom. The fourth-order valence-electron chi connectivity index (χ4n) is 1.73. The molecule has 0 aliphatic carbocycles. The summed E-state index contributed by atoms with van der Waals surface area (Å²) in [6.07, 6.45) is 2.92. The second-order valence-electron chi connectivity index (χ2n) is 4.63. The second kappa shape index (κ2) is 6.41. The third kappa shape index (κ3) is 4.97. The van der Waals surface area contributed by atoms with Gasteiger partial charge >= 0.3 is 0 Å². The molecule has 14 heavy (non-hydrogen) atoms. The lowest BCUT2D eigenvalue weighted by molar-refractivity contribution is -0.0119. The van der Waals surface area contributed by atoms with Gasteiger partial charge in [0.05, 0.1) is 5.60 Å². The number of aliphatic hydroxyl groups is 1. The zero-order chi connectivity index (χ0) is 11.2. The summed E-state index contributed by atoms with van der Waals surface area (Å²) in [5, 5.41) is 10.4. The molecule has 0 spiro atoms. The first kappa shape index (κ1) is 13.9. The van der Waals surface area contributed by atoms with E-state index < -0.39 is 5.60 Å². The van der Waals surface area contributed by atoms with Crippen LogP contribution in [0.4, 0.5) is 0 Å². The zero-order valence-corrected chi connectivity index (χ0v) is 10.5. The summed E-state index contributed by atoms with van der Waals surface area (Å²) in [4.78, 5) is 2.19. The van der Waals surface area contributed by atoms with E-state index in [0.29, 0.717) is 5.92 Å². The molecule has 0 saturated carbocycles. The lowest BCUT2D eigenvalue weighted by atomic mass is 9.87. The van der Waals surface area contributed by atoms with Crippen molar-refractivity contribution in [2.75, 3.05) is 20.1 Å². The van der Waals surface area contributed by atoms with Crippen molar-refractivity contribution in [3.63, 3.8) is 0 Å². The second-order valence-corrected chi connectivity index (χ2v) is 4.63. The van der Waals surface area contributed by atoms with Crippen LogP contribution in [0.5, 0.6) is 0 Å². The molecule has 0 aliphatic rings. The first-order chi connectivity index (χ1) is 6.47. The molecule has 2 heteroatoms. The van der Waals surface area contributed by atoms with Gasteiger partial charge in [0.1, 0.15) is 0 Å². The van der Waals surface area contributed by atoms with Gasteiger partial charge in [-0.1, -0.05) is 34.1 Å². The summed E-state index contributed by atoms with van der Waals surface area (Å²) in [5.41, 5.74) is -0.486. The van der Waals surface area contributed by atoms with Crippen molar-refractivity contribution < 1.29 is 5.11 Å². The summed E-state index contributed by atoms with van der Waals surface area (Å²) >= 11 is 0. The Kier molecular flexibility index (Phi) is 6.38. The Morgan fingerprint density at radius 2 is 1.86 bits per heavy atom. The van der Waals surface area contributed by atoms with Crippen LogP contribution in [0, 0.1) is 5.92 Å². The monoisotopic (exact) mass is 201 g/mol. The van der Waals surface area contributed by atoms with Crippen LogP contribution < -0.4 is 0 Å². The molecular formula is C12H27NO. The van der Waals surface area contributed by atoms with Crippen molar-refractivity contribution in [1.29, 1.82) is 0 Å². The summed E-state index contributed by atoms with van der Waals surface area (Å²) in [6.45, 7) is 10.4. The fraction of sp³-hybridized carbons (Fsp3) is 1.00. The summed E-state index contributed by atoms with van der Waals surface area (Å²) in [5.74, 6) is 0.616. The summed E-state index contributed by atoms with van der Waals surface area (Å²) < 4.78 is 0. The third-order valence-electron chi connectivity index (χ3n) is 3.19. The molecule has 0 rings (SSSR count). The molecule has 86 valence electrons. The standard InChI is InChI=1S/C12H27NO/c1-6-11(4)9-12(14,7-2)10-13(5)8-3/h11,14H,6-10H2,1-5H3. The summed E-state index contributed by atoms with van der Waals surface area (Å²) in [7, 11) is 2.07. The van der Waals surface area contributed by atoms with Crippen molar-refractivity contribution in [2.45, 2.75) is 52.6 Å². The van der Waals surface area contributed by atoms with E-state index in [9.17, 15) is 5.11 Å². The molecule has 2 unspecified atom stereocenters. The van der Waals surface area contributed by atoms with Gasteiger partial charge in [0.15, 0.2) is 0 Å². The van der Waals surface area contributed by atoms with E-state index in [1.54, 1.807) is 0 Å². The predicted octanol–water partition coefficient (Wildman–Crippen LogP) is 2.52. The van der Waals surface area contributed by atoms with Gasteiger partial charge in [0.2, 0.25) is 0 Å². The third-order valence-corrected chi connectivity index (χ3v) is 3.19. The predicted molar refractivity (Wildman–Crippen MR) is 62.5 cm³/mol. The number of hydrogen-bond acceptors (Lipinski definition) is 2. The van der Waals surface area contributed by atoms with E-state index in [0.717, 1.165) is 32.4 Å². The van der Waals surface area contributed by atoms with Crippen LogP contribution in [0.1, 0.15) is 47.0 Å². The maximum absolute atomic E-state index is 10.4. The number of hydrogen-bond donors (Lipinski definition) is 1. The van der Waals surface area contributed by atoms with Crippen molar-refractivity contribution in [2.24, 2.45) is 5.92 Å². The summed E-state index contributed by atoms with van der Waals surface area (Å²) in [6, 6.07) is 0. The van der Waals surface area contributed by atoms with Gasteiger partial charge < -0.3 is 10.0 Å². The van der Waals surface area contributed by atoms with Crippen LogP contribution in [0.15, 0.2) is 0 Å².